The molecule has 9 aromatic rings. The lowest BCUT2D eigenvalue weighted by Gasteiger charge is -2.17. The highest BCUT2D eigenvalue weighted by Crippen LogP contribution is 2.42. The number of benzene rings is 7. The predicted octanol–water partition coefficient (Wildman–Crippen LogP) is 10.1. The first-order chi connectivity index (χ1) is 19.9. The van der Waals surface area contributed by atoms with Crippen molar-refractivity contribution in [2.75, 3.05) is 0 Å². The second kappa shape index (κ2) is 8.05. The summed E-state index contributed by atoms with van der Waals surface area (Å²) in [7, 11) is 0. The van der Waals surface area contributed by atoms with Gasteiger partial charge in [-0.3, -0.25) is 4.57 Å². The molecule has 2 heterocycles. The first-order valence-electron chi connectivity index (χ1n) is 13.6. The Hall–Kier alpha value is -5.41. The van der Waals surface area contributed by atoms with Gasteiger partial charge in [-0.15, -0.1) is 0 Å². The van der Waals surface area contributed by atoms with Crippen LogP contribution in [0.2, 0.25) is 0 Å². The number of para-hydroxylation sites is 4. The zero-order chi connectivity index (χ0) is 26.2. The fourth-order valence-electron chi connectivity index (χ4n) is 6.50. The molecule has 3 nitrogen and oxygen atoms in total. The summed E-state index contributed by atoms with van der Waals surface area (Å²) in [6.07, 6.45) is 0. The summed E-state index contributed by atoms with van der Waals surface area (Å²) in [5.41, 5.74) is 5.84. The van der Waals surface area contributed by atoms with Gasteiger partial charge < -0.3 is 4.42 Å². The summed E-state index contributed by atoms with van der Waals surface area (Å²) in [5.74, 6) is 0.871. The highest BCUT2D eigenvalue weighted by Gasteiger charge is 2.21. The van der Waals surface area contributed by atoms with Gasteiger partial charge in [0.15, 0.2) is 0 Å². The normalized spacial score (nSPS) is 12.0. The molecule has 0 saturated carbocycles. The lowest BCUT2D eigenvalue weighted by atomic mass is 9.93. The summed E-state index contributed by atoms with van der Waals surface area (Å²) in [4.78, 5) is 5.23. The average Bonchev–Trinajstić information content (AvgIpc) is 3.60. The van der Waals surface area contributed by atoms with Crippen molar-refractivity contribution in [3.63, 3.8) is 0 Å². The molecular weight excluding hydrogens is 488 g/mol. The largest absolute Gasteiger partial charge is 0.455 e. The van der Waals surface area contributed by atoms with Crippen molar-refractivity contribution < 1.29 is 4.42 Å². The van der Waals surface area contributed by atoms with E-state index < -0.39 is 0 Å². The first kappa shape index (κ1) is 21.5. The SMILES string of the molecule is c1ccc2c(c1)nc(-c1cccc3c1oc1ccccc13)n2-c1cccc2c3ccccc3c3ccccc3c12. The van der Waals surface area contributed by atoms with Crippen LogP contribution in [0.1, 0.15) is 0 Å². The third kappa shape index (κ3) is 2.86. The van der Waals surface area contributed by atoms with Gasteiger partial charge in [-0.25, -0.2) is 4.98 Å². The van der Waals surface area contributed by atoms with Gasteiger partial charge in [-0.05, 0) is 57.3 Å². The molecule has 3 heteroatoms. The maximum Gasteiger partial charge on any atom is 0.149 e. The van der Waals surface area contributed by atoms with E-state index in [1.54, 1.807) is 0 Å². The minimum Gasteiger partial charge on any atom is -0.455 e. The highest BCUT2D eigenvalue weighted by molar-refractivity contribution is 6.27. The molecule has 0 spiro atoms. The van der Waals surface area contributed by atoms with Crippen LogP contribution in [-0.2, 0) is 0 Å². The molecule has 186 valence electrons. The lowest BCUT2D eigenvalue weighted by Crippen LogP contribution is -2.00. The molecule has 0 bridgehead atoms. The zero-order valence-electron chi connectivity index (χ0n) is 21.5. The molecule has 0 amide bonds. The third-order valence-corrected chi connectivity index (χ3v) is 8.19. The second-order valence-electron chi connectivity index (χ2n) is 10.3. The Balaban J connectivity index is 1.47. The average molecular weight is 511 g/mol. The van der Waals surface area contributed by atoms with E-state index in [1.165, 1.54) is 32.3 Å². The van der Waals surface area contributed by atoms with Crippen LogP contribution in [0.15, 0.2) is 138 Å². The van der Waals surface area contributed by atoms with Gasteiger partial charge in [0.05, 0.1) is 22.3 Å². The van der Waals surface area contributed by atoms with Crippen LogP contribution < -0.4 is 0 Å². The molecule has 0 aliphatic heterocycles. The van der Waals surface area contributed by atoms with Crippen LogP contribution in [-0.4, -0.2) is 9.55 Å². The van der Waals surface area contributed by atoms with Crippen molar-refractivity contribution in [2.45, 2.75) is 0 Å². The van der Waals surface area contributed by atoms with E-state index in [0.717, 1.165) is 50.0 Å². The van der Waals surface area contributed by atoms with E-state index in [1.807, 2.05) is 12.1 Å². The number of fused-ring (bicyclic) bond motifs is 10. The van der Waals surface area contributed by atoms with Gasteiger partial charge in [0.1, 0.15) is 17.0 Å². The first-order valence-corrected chi connectivity index (χ1v) is 13.6. The van der Waals surface area contributed by atoms with Crippen LogP contribution in [0.3, 0.4) is 0 Å². The van der Waals surface area contributed by atoms with Gasteiger partial charge in [-0.1, -0.05) is 103 Å². The summed E-state index contributed by atoms with van der Waals surface area (Å²) < 4.78 is 8.81. The Morgan fingerprint density at radius 2 is 1.05 bits per heavy atom. The monoisotopic (exact) mass is 510 g/mol. The topological polar surface area (TPSA) is 31.0 Å². The van der Waals surface area contributed by atoms with Gasteiger partial charge >= 0.3 is 0 Å². The minimum atomic E-state index is 0.857. The summed E-state index contributed by atoms with van der Waals surface area (Å²) >= 11 is 0. The number of hydrogen-bond acceptors (Lipinski definition) is 2. The van der Waals surface area contributed by atoms with E-state index in [9.17, 15) is 0 Å². The van der Waals surface area contributed by atoms with Crippen molar-refractivity contribution in [3.8, 4) is 17.1 Å². The predicted molar refractivity (Wildman–Crippen MR) is 166 cm³/mol. The molecule has 0 atom stereocenters. The Bertz CT molecular complexity index is 2400. The number of hydrogen-bond donors (Lipinski definition) is 0. The zero-order valence-corrected chi connectivity index (χ0v) is 21.5. The fraction of sp³-hybridized carbons (Fsp3) is 0. The Labute approximate surface area is 229 Å². The fourth-order valence-corrected chi connectivity index (χ4v) is 6.50. The smallest absolute Gasteiger partial charge is 0.149 e. The number of nitrogens with zero attached hydrogens (tertiary/aromatic N) is 2. The van der Waals surface area contributed by atoms with Gasteiger partial charge in [0, 0.05) is 16.2 Å². The van der Waals surface area contributed by atoms with Crippen LogP contribution in [0.4, 0.5) is 0 Å². The molecule has 9 rings (SSSR count). The molecule has 40 heavy (non-hydrogen) atoms. The number of imidazole rings is 1. The van der Waals surface area contributed by atoms with Gasteiger partial charge in [-0.2, -0.15) is 0 Å². The standard InChI is InChI=1S/C37H22N2O/c1-2-12-25-23(11-1)24-13-3-4-15-27(24)35-28(25)16-10-21-33(35)39-32-20-7-6-19-31(32)38-37(39)30-18-9-17-29-26-14-5-8-22-34(26)40-36(29)30/h1-22H. The van der Waals surface area contributed by atoms with Crippen LogP contribution in [0.25, 0.3) is 82.4 Å². The second-order valence-corrected chi connectivity index (χ2v) is 10.3. The molecule has 0 aliphatic carbocycles. The number of rotatable bonds is 2. The van der Waals surface area contributed by atoms with E-state index in [0.29, 0.717) is 0 Å². The molecule has 0 radical (unpaired) electrons. The summed E-state index contributed by atoms with van der Waals surface area (Å²) in [6, 6.07) is 47.1. The number of aromatic nitrogens is 2. The molecular formula is C37H22N2O. The van der Waals surface area contributed by atoms with E-state index in [4.69, 9.17) is 9.40 Å². The lowest BCUT2D eigenvalue weighted by molar-refractivity contribution is 0.669. The molecule has 2 aromatic heterocycles. The quantitative estimate of drug-likeness (QED) is 0.217. The van der Waals surface area contributed by atoms with Crippen molar-refractivity contribution in [1.29, 1.82) is 0 Å². The van der Waals surface area contributed by atoms with Gasteiger partial charge in [0.25, 0.3) is 0 Å². The van der Waals surface area contributed by atoms with E-state index in [-0.39, 0.29) is 0 Å². The highest BCUT2D eigenvalue weighted by atomic mass is 16.3. The van der Waals surface area contributed by atoms with Crippen molar-refractivity contribution in [3.05, 3.63) is 133 Å². The van der Waals surface area contributed by atoms with Crippen molar-refractivity contribution >= 4 is 65.3 Å². The van der Waals surface area contributed by atoms with E-state index >= 15 is 0 Å². The minimum absolute atomic E-state index is 0.857. The Morgan fingerprint density at radius 3 is 1.85 bits per heavy atom. The van der Waals surface area contributed by atoms with Crippen molar-refractivity contribution in [1.82, 2.24) is 9.55 Å². The third-order valence-electron chi connectivity index (χ3n) is 8.19. The number of furan rings is 1. The van der Waals surface area contributed by atoms with Gasteiger partial charge in [0.2, 0.25) is 0 Å². The maximum atomic E-state index is 6.49. The Kier molecular flexibility index (Phi) is 4.33. The molecule has 7 aromatic carbocycles. The summed E-state index contributed by atoms with van der Waals surface area (Å²) in [5, 5.41) is 9.68. The van der Waals surface area contributed by atoms with Crippen LogP contribution in [0.5, 0.6) is 0 Å². The van der Waals surface area contributed by atoms with Crippen LogP contribution >= 0.6 is 0 Å². The summed E-state index contributed by atoms with van der Waals surface area (Å²) in [6.45, 7) is 0. The molecule has 0 N–H and O–H groups in total. The molecule has 0 unspecified atom stereocenters. The molecule has 0 aliphatic rings. The van der Waals surface area contributed by atoms with Crippen LogP contribution in [0, 0.1) is 0 Å². The maximum absolute atomic E-state index is 6.49. The van der Waals surface area contributed by atoms with Crippen molar-refractivity contribution in [2.24, 2.45) is 0 Å². The van der Waals surface area contributed by atoms with E-state index in [2.05, 4.69) is 126 Å². The Morgan fingerprint density at radius 1 is 0.475 bits per heavy atom. The molecule has 0 saturated heterocycles. The molecule has 0 fully saturated rings.